The maximum Gasteiger partial charge on any atom is 0.305 e. The molecule has 0 bridgehead atoms. The molecule has 3 N–H and O–H groups in total. The monoisotopic (exact) mass is 406 g/mol. The molecule has 0 radical (unpaired) electrons. The number of nitrogens with one attached hydrogen (secondary N) is 2. The number of carbonyl (C=O) groups excluding carboxylic acids is 2. The number of ketones is 1. The first kappa shape index (κ1) is 21.7. The molecule has 0 saturated carbocycles. The predicted molar refractivity (Wildman–Crippen MR) is 99.1 cm³/mol. The van der Waals surface area contributed by atoms with Gasteiger partial charge < -0.3 is 15.7 Å². The number of anilines is 1. The second-order valence-electron chi connectivity index (χ2n) is 6.33. The van der Waals surface area contributed by atoms with Gasteiger partial charge in [-0.3, -0.25) is 23.7 Å². The highest BCUT2D eigenvalue weighted by molar-refractivity contribution is 5.91. The summed E-state index contributed by atoms with van der Waals surface area (Å²) < 4.78 is 5.77. The zero-order valence-corrected chi connectivity index (χ0v) is 16.2. The fourth-order valence-corrected chi connectivity index (χ4v) is 2.62. The zero-order chi connectivity index (χ0) is 21.6. The average molecular weight is 406 g/mol. The van der Waals surface area contributed by atoms with Gasteiger partial charge in [0.15, 0.2) is 11.6 Å². The normalized spacial score (nSPS) is 12.8. The third kappa shape index (κ3) is 5.46. The van der Waals surface area contributed by atoms with Crippen LogP contribution in [0.2, 0.25) is 0 Å². The van der Waals surface area contributed by atoms with E-state index in [1.807, 2.05) is 0 Å². The van der Waals surface area contributed by atoms with Crippen molar-refractivity contribution in [2.24, 2.45) is 0 Å². The molecular formula is C17H22N6O6. The molecule has 1 amide bonds. The Morgan fingerprint density at radius 1 is 1.31 bits per heavy atom. The summed E-state index contributed by atoms with van der Waals surface area (Å²) in [6, 6.07) is -2.12. The van der Waals surface area contributed by atoms with Crippen LogP contribution in [-0.2, 0) is 20.9 Å². The molecule has 0 unspecified atom stereocenters. The lowest BCUT2D eigenvalue weighted by Crippen LogP contribution is -2.46. The van der Waals surface area contributed by atoms with Crippen LogP contribution in [0.15, 0.2) is 21.8 Å². The number of carboxylic acids is 1. The highest BCUT2D eigenvalue weighted by Crippen LogP contribution is 2.11. The molecule has 2 atom stereocenters. The lowest BCUT2D eigenvalue weighted by Gasteiger charge is -2.21. The molecule has 2 heterocycles. The lowest BCUT2D eigenvalue weighted by molar-refractivity contribution is -0.140. The van der Waals surface area contributed by atoms with Crippen molar-refractivity contribution in [3.63, 3.8) is 0 Å². The number of carbonyl (C=O) groups is 3. The van der Waals surface area contributed by atoms with Gasteiger partial charge in [0.2, 0.25) is 5.91 Å². The standard InChI is InChI=1S/C17H22N6O6/c1-4-13(16(27)20-11(10(3)24)7-14(25)26)23-6-5-18-15(17(23)28)19-8-12-9(2)21-29-22-12/h5-6,11,13H,4,7-8H2,1-3H3,(H,18,19)(H,20,27)(H,25,26)/t11-,13-/m0/s1. The molecule has 29 heavy (non-hydrogen) atoms. The molecule has 0 saturated heterocycles. The number of aromatic nitrogens is 4. The van der Waals surface area contributed by atoms with Crippen LogP contribution < -0.4 is 16.2 Å². The van der Waals surface area contributed by atoms with Gasteiger partial charge in [-0.15, -0.1) is 0 Å². The summed E-state index contributed by atoms with van der Waals surface area (Å²) in [6.45, 7) is 4.73. The van der Waals surface area contributed by atoms with Crippen molar-refractivity contribution in [1.82, 2.24) is 25.2 Å². The first-order valence-electron chi connectivity index (χ1n) is 8.86. The fourth-order valence-electron chi connectivity index (χ4n) is 2.62. The molecule has 156 valence electrons. The number of aliphatic carboxylic acids is 1. The summed E-state index contributed by atoms with van der Waals surface area (Å²) in [5.41, 5.74) is 0.513. The van der Waals surface area contributed by atoms with Gasteiger partial charge >= 0.3 is 5.97 Å². The highest BCUT2D eigenvalue weighted by atomic mass is 16.6. The summed E-state index contributed by atoms with van der Waals surface area (Å²) in [4.78, 5) is 51.9. The topological polar surface area (TPSA) is 169 Å². The Labute approximate surface area is 165 Å². The number of amides is 1. The third-order valence-corrected chi connectivity index (χ3v) is 4.25. The number of Topliss-reactive ketones (excluding diaryl/α,β-unsaturated/α-hetero) is 1. The van der Waals surface area contributed by atoms with E-state index in [1.54, 1.807) is 13.8 Å². The Kier molecular flexibility index (Phi) is 7.17. The van der Waals surface area contributed by atoms with Crippen molar-refractivity contribution >= 4 is 23.5 Å². The van der Waals surface area contributed by atoms with Gasteiger partial charge in [-0.1, -0.05) is 17.2 Å². The van der Waals surface area contributed by atoms with Crippen LogP contribution >= 0.6 is 0 Å². The van der Waals surface area contributed by atoms with Crippen LogP contribution in [0, 0.1) is 6.92 Å². The van der Waals surface area contributed by atoms with Gasteiger partial charge in [0.25, 0.3) is 5.56 Å². The summed E-state index contributed by atoms with van der Waals surface area (Å²) in [6.07, 6.45) is 2.40. The van der Waals surface area contributed by atoms with E-state index in [1.165, 1.54) is 23.9 Å². The van der Waals surface area contributed by atoms with Crippen molar-refractivity contribution < 1.29 is 24.1 Å². The molecule has 0 aliphatic rings. The molecule has 0 aliphatic heterocycles. The minimum atomic E-state index is -1.22. The molecule has 12 heteroatoms. The first-order valence-corrected chi connectivity index (χ1v) is 8.86. The van der Waals surface area contributed by atoms with E-state index < -0.39 is 41.7 Å². The zero-order valence-electron chi connectivity index (χ0n) is 16.2. The smallest absolute Gasteiger partial charge is 0.305 e. The van der Waals surface area contributed by atoms with Crippen LogP contribution in [0.1, 0.15) is 44.1 Å². The van der Waals surface area contributed by atoms with Gasteiger partial charge in [-0.2, -0.15) is 0 Å². The minimum absolute atomic E-state index is 0.00481. The van der Waals surface area contributed by atoms with Crippen molar-refractivity contribution in [3.8, 4) is 0 Å². The Hall–Kier alpha value is -3.57. The quantitative estimate of drug-likeness (QED) is 0.490. The lowest BCUT2D eigenvalue weighted by atomic mass is 10.1. The molecule has 0 fully saturated rings. The summed E-state index contributed by atoms with van der Waals surface area (Å²) in [7, 11) is 0. The van der Waals surface area contributed by atoms with Crippen LogP contribution in [0.25, 0.3) is 0 Å². The van der Waals surface area contributed by atoms with Crippen molar-refractivity contribution in [2.75, 3.05) is 5.32 Å². The molecule has 2 aromatic rings. The first-order chi connectivity index (χ1) is 13.7. The third-order valence-electron chi connectivity index (χ3n) is 4.25. The largest absolute Gasteiger partial charge is 0.481 e. The van der Waals surface area contributed by atoms with Gasteiger partial charge in [0.1, 0.15) is 17.4 Å². The SMILES string of the molecule is CC[C@@H](C(=O)N[C@@H](CC(=O)O)C(C)=O)n1ccnc(NCc2nonc2C)c1=O. The Morgan fingerprint density at radius 2 is 2.03 bits per heavy atom. The molecule has 0 aromatic carbocycles. The van der Waals surface area contributed by atoms with E-state index in [-0.39, 0.29) is 18.8 Å². The van der Waals surface area contributed by atoms with Crippen LogP contribution in [-0.4, -0.2) is 48.7 Å². The number of carboxylic acid groups (broad SMARTS) is 1. The highest BCUT2D eigenvalue weighted by Gasteiger charge is 2.26. The second-order valence-corrected chi connectivity index (χ2v) is 6.33. The van der Waals surface area contributed by atoms with Gasteiger partial charge in [-0.05, 0) is 20.3 Å². The van der Waals surface area contributed by atoms with Gasteiger partial charge in [0, 0.05) is 12.4 Å². The van der Waals surface area contributed by atoms with E-state index in [4.69, 9.17) is 5.11 Å². The minimum Gasteiger partial charge on any atom is -0.481 e. The van der Waals surface area contributed by atoms with Crippen molar-refractivity contribution in [1.29, 1.82) is 0 Å². The van der Waals surface area contributed by atoms with Crippen molar-refractivity contribution in [2.45, 2.75) is 52.2 Å². The molecular weight excluding hydrogens is 384 g/mol. The average Bonchev–Trinajstić information content (AvgIpc) is 3.06. The second kappa shape index (κ2) is 9.57. The predicted octanol–water partition coefficient (Wildman–Crippen LogP) is 0.0464. The molecule has 2 rings (SSSR count). The maximum atomic E-state index is 12.8. The van der Waals surface area contributed by atoms with E-state index in [0.29, 0.717) is 11.4 Å². The molecule has 12 nitrogen and oxygen atoms in total. The van der Waals surface area contributed by atoms with E-state index in [2.05, 4.69) is 30.6 Å². The Bertz CT molecular complexity index is 952. The van der Waals surface area contributed by atoms with Gasteiger partial charge in [0.05, 0.1) is 19.0 Å². The fraction of sp³-hybridized carbons (Fsp3) is 0.471. The van der Waals surface area contributed by atoms with Crippen LogP contribution in [0.4, 0.5) is 5.82 Å². The summed E-state index contributed by atoms with van der Waals surface area (Å²) in [5, 5.41) is 21.5. The van der Waals surface area contributed by atoms with Gasteiger partial charge in [-0.25, -0.2) is 9.61 Å². The molecule has 2 aromatic heterocycles. The van der Waals surface area contributed by atoms with E-state index in [9.17, 15) is 19.2 Å². The number of rotatable bonds is 10. The van der Waals surface area contributed by atoms with Crippen molar-refractivity contribution in [3.05, 3.63) is 34.1 Å². The number of aryl methyl sites for hydroxylation is 1. The number of hydrogen-bond donors (Lipinski definition) is 3. The Morgan fingerprint density at radius 3 is 2.59 bits per heavy atom. The van der Waals surface area contributed by atoms with E-state index >= 15 is 0 Å². The van der Waals surface area contributed by atoms with Crippen LogP contribution in [0.3, 0.4) is 0 Å². The molecule has 0 spiro atoms. The maximum absolute atomic E-state index is 12.8. The number of hydrogen-bond acceptors (Lipinski definition) is 9. The Balaban J connectivity index is 2.20. The molecule has 0 aliphatic carbocycles. The summed E-state index contributed by atoms with van der Waals surface area (Å²) in [5.74, 6) is -2.35. The summed E-state index contributed by atoms with van der Waals surface area (Å²) >= 11 is 0. The van der Waals surface area contributed by atoms with Crippen LogP contribution in [0.5, 0.6) is 0 Å². The van der Waals surface area contributed by atoms with E-state index in [0.717, 1.165) is 0 Å². The number of nitrogens with zero attached hydrogens (tertiary/aromatic N) is 4.